The number of unbranched alkanes of at least 4 members (excludes halogenated alkanes) is 1. The van der Waals surface area contributed by atoms with Crippen LogP contribution in [0.1, 0.15) is 18.4 Å². The van der Waals surface area contributed by atoms with Gasteiger partial charge in [-0.2, -0.15) is 0 Å². The van der Waals surface area contributed by atoms with Gasteiger partial charge in [0.05, 0.1) is 0 Å². The number of nitrogens with zero attached hydrogens (tertiary/aromatic N) is 1. The Morgan fingerprint density at radius 2 is 1.85 bits per heavy atom. The molecule has 0 unspecified atom stereocenters. The second kappa shape index (κ2) is 11.2. The summed E-state index contributed by atoms with van der Waals surface area (Å²) in [6, 6.07) is 16.3. The number of halogens is 1. The third kappa shape index (κ3) is 7.77. The quantitative estimate of drug-likeness (QED) is 0.443. The first kappa shape index (κ1) is 20.7. The second-order valence-corrected chi connectivity index (χ2v) is 8.26. The van der Waals surface area contributed by atoms with Crippen molar-refractivity contribution >= 4 is 39.7 Å². The molecule has 0 fully saturated rings. The second-order valence-electron chi connectivity index (χ2n) is 6.23. The van der Waals surface area contributed by atoms with Crippen molar-refractivity contribution in [3.05, 3.63) is 64.6 Å². The van der Waals surface area contributed by atoms with Gasteiger partial charge in [0.1, 0.15) is 0 Å². The Morgan fingerprint density at radius 1 is 1.12 bits per heavy atom. The van der Waals surface area contributed by atoms with Gasteiger partial charge in [0.15, 0.2) is 0 Å². The summed E-state index contributed by atoms with van der Waals surface area (Å²) in [6.45, 7) is 1.76. The maximum Gasteiger partial charge on any atom is 0.243 e. The number of carbonyl (C=O) groups is 1. The van der Waals surface area contributed by atoms with Gasteiger partial charge in [-0.15, -0.1) is 0 Å². The predicted octanol–water partition coefficient (Wildman–Crippen LogP) is 5.07. The van der Waals surface area contributed by atoms with Crippen molar-refractivity contribution in [2.24, 2.45) is 0 Å². The van der Waals surface area contributed by atoms with E-state index in [1.165, 1.54) is 4.90 Å². The van der Waals surface area contributed by atoms with E-state index in [4.69, 9.17) is 0 Å². The summed E-state index contributed by atoms with van der Waals surface area (Å²) in [5.74, 6) is -0.0432. The molecular formula is C21H25BrN2OS. The molecule has 26 heavy (non-hydrogen) atoms. The fraction of sp³-hybridized carbons (Fsp3) is 0.286. The number of benzene rings is 2. The summed E-state index contributed by atoms with van der Waals surface area (Å²) in [5, 5.41) is 2.95. The zero-order valence-corrected chi connectivity index (χ0v) is 17.6. The molecule has 1 N–H and O–H groups in total. The summed E-state index contributed by atoms with van der Waals surface area (Å²) in [6.07, 6.45) is 5.58. The fourth-order valence-corrected chi connectivity index (χ4v) is 3.52. The van der Waals surface area contributed by atoms with E-state index >= 15 is 0 Å². The van der Waals surface area contributed by atoms with Crippen LogP contribution in [0.2, 0.25) is 0 Å². The molecule has 0 bridgehead atoms. The summed E-state index contributed by atoms with van der Waals surface area (Å²) in [4.78, 5) is 16.5. The molecule has 0 aliphatic heterocycles. The van der Waals surface area contributed by atoms with E-state index in [1.54, 1.807) is 17.8 Å². The van der Waals surface area contributed by atoms with Crippen molar-refractivity contribution in [2.45, 2.75) is 22.6 Å². The number of hydrogen-bond acceptors (Lipinski definition) is 3. The van der Waals surface area contributed by atoms with Crippen molar-refractivity contribution in [3.8, 4) is 0 Å². The van der Waals surface area contributed by atoms with E-state index in [9.17, 15) is 4.79 Å². The molecule has 0 radical (unpaired) electrons. The Labute approximate surface area is 169 Å². The van der Waals surface area contributed by atoms with Gasteiger partial charge in [-0.05, 0) is 75.5 Å². The normalized spacial score (nSPS) is 11.2. The van der Waals surface area contributed by atoms with Crippen molar-refractivity contribution < 1.29 is 4.79 Å². The van der Waals surface area contributed by atoms with E-state index in [0.29, 0.717) is 6.54 Å². The zero-order chi connectivity index (χ0) is 18.8. The molecule has 3 nitrogen and oxygen atoms in total. The third-order valence-electron chi connectivity index (χ3n) is 3.71. The van der Waals surface area contributed by atoms with E-state index in [2.05, 4.69) is 58.4 Å². The van der Waals surface area contributed by atoms with E-state index < -0.39 is 0 Å². The van der Waals surface area contributed by atoms with Crippen LogP contribution in [0, 0.1) is 0 Å². The lowest BCUT2D eigenvalue weighted by Crippen LogP contribution is -2.23. The molecule has 0 aliphatic rings. The van der Waals surface area contributed by atoms with Crippen LogP contribution in [0.3, 0.4) is 0 Å². The van der Waals surface area contributed by atoms with Crippen LogP contribution in [0.25, 0.3) is 6.08 Å². The standard InChI is InChI=1S/C21H25BrN2OS/c1-24(2)16-6-5-15-23-21(25)14-9-17-7-3-4-8-20(17)26-19-12-10-18(22)11-13-19/h3-4,7-14H,5-6,15-16H2,1-2H3,(H,23,25)/b14-9+. The van der Waals surface area contributed by atoms with Crippen molar-refractivity contribution in [2.75, 3.05) is 27.2 Å². The van der Waals surface area contributed by atoms with Crippen LogP contribution in [0.15, 0.2) is 68.9 Å². The molecule has 0 saturated heterocycles. The van der Waals surface area contributed by atoms with Crippen molar-refractivity contribution in [1.82, 2.24) is 10.2 Å². The smallest absolute Gasteiger partial charge is 0.243 e. The van der Waals surface area contributed by atoms with Crippen LogP contribution >= 0.6 is 27.7 Å². The minimum Gasteiger partial charge on any atom is -0.353 e. The minimum atomic E-state index is -0.0432. The lowest BCUT2D eigenvalue weighted by molar-refractivity contribution is -0.116. The number of hydrogen-bond donors (Lipinski definition) is 1. The van der Waals surface area contributed by atoms with Gasteiger partial charge in [-0.1, -0.05) is 45.9 Å². The highest BCUT2D eigenvalue weighted by molar-refractivity contribution is 9.10. The maximum atomic E-state index is 12.0. The lowest BCUT2D eigenvalue weighted by atomic mass is 10.2. The SMILES string of the molecule is CN(C)CCCCNC(=O)/C=C/c1ccccc1Sc1ccc(Br)cc1. The van der Waals surface area contributed by atoms with Crippen LogP contribution < -0.4 is 5.32 Å². The van der Waals surface area contributed by atoms with Gasteiger partial charge >= 0.3 is 0 Å². The fourth-order valence-electron chi connectivity index (χ4n) is 2.33. The molecule has 0 aliphatic carbocycles. The van der Waals surface area contributed by atoms with Crippen LogP contribution in [-0.4, -0.2) is 38.0 Å². The monoisotopic (exact) mass is 432 g/mol. The summed E-state index contributed by atoms with van der Waals surface area (Å²) in [7, 11) is 4.12. The number of rotatable bonds is 9. The first-order valence-corrected chi connectivity index (χ1v) is 10.3. The van der Waals surface area contributed by atoms with Crippen LogP contribution in [0.4, 0.5) is 0 Å². The van der Waals surface area contributed by atoms with Gasteiger partial charge < -0.3 is 10.2 Å². The first-order valence-electron chi connectivity index (χ1n) is 8.67. The van der Waals surface area contributed by atoms with E-state index in [0.717, 1.165) is 34.3 Å². The Balaban J connectivity index is 1.89. The molecule has 2 rings (SSSR count). The molecule has 1 amide bonds. The van der Waals surface area contributed by atoms with Gasteiger partial charge in [0, 0.05) is 26.9 Å². The molecule has 0 heterocycles. The Morgan fingerprint density at radius 3 is 2.58 bits per heavy atom. The molecule has 2 aromatic carbocycles. The molecule has 5 heteroatoms. The van der Waals surface area contributed by atoms with Gasteiger partial charge in [-0.25, -0.2) is 0 Å². The number of amides is 1. The molecule has 138 valence electrons. The highest BCUT2D eigenvalue weighted by atomic mass is 79.9. The molecule has 2 aromatic rings. The van der Waals surface area contributed by atoms with Gasteiger partial charge in [0.25, 0.3) is 0 Å². The summed E-state index contributed by atoms with van der Waals surface area (Å²) in [5.41, 5.74) is 1.04. The molecule has 0 atom stereocenters. The number of carbonyl (C=O) groups excluding carboxylic acids is 1. The third-order valence-corrected chi connectivity index (χ3v) is 5.33. The largest absolute Gasteiger partial charge is 0.353 e. The van der Waals surface area contributed by atoms with Gasteiger partial charge in [-0.3, -0.25) is 4.79 Å². The maximum absolute atomic E-state index is 12.0. The minimum absolute atomic E-state index is 0.0432. The predicted molar refractivity (Wildman–Crippen MR) is 115 cm³/mol. The van der Waals surface area contributed by atoms with Crippen molar-refractivity contribution in [3.63, 3.8) is 0 Å². The highest BCUT2D eigenvalue weighted by Gasteiger charge is 2.03. The molecule has 0 spiro atoms. The Kier molecular flexibility index (Phi) is 8.95. The van der Waals surface area contributed by atoms with E-state index in [-0.39, 0.29) is 5.91 Å². The lowest BCUT2D eigenvalue weighted by Gasteiger charge is -2.09. The highest BCUT2D eigenvalue weighted by Crippen LogP contribution is 2.31. The van der Waals surface area contributed by atoms with Crippen LogP contribution in [-0.2, 0) is 4.79 Å². The summed E-state index contributed by atoms with van der Waals surface area (Å²) >= 11 is 5.15. The number of nitrogens with one attached hydrogen (secondary N) is 1. The Bertz CT molecular complexity index is 729. The molecule has 0 saturated carbocycles. The first-order chi connectivity index (χ1) is 12.5. The molecular weight excluding hydrogens is 408 g/mol. The summed E-state index contributed by atoms with van der Waals surface area (Å²) < 4.78 is 1.07. The Hall–Kier alpha value is -1.56. The average molecular weight is 433 g/mol. The van der Waals surface area contributed by atoms with Gasteiger partial charge in [0.2, 0.25) is 5.91 Å². The zero-order valence-electron chi connectivity index (χ0n) is 15.2. The average Bonchev–Trinajstić information content (AvgIpc) is 2.62. The topological polar surface area (TPSA) is 32.3 Å². The van der Waals surface area contributed by atoms with E-state index in [1.807, 2.05) is 36.4 Å². The van der Waals surface area contributed by atoms with Crippen molar-refractivity contribution in [1.29, 1.82) is 0 Å². The van der Waals surface area contributed by atoms with Crippen LogP contribution in [0.5, 0.6) is 0 Å². The molecule has 0 aromatic heterocycles.